The standard InChI is InChI=1S/C17H20N2O/c1-4-17(20)19(12-15-6-5-9-18-11-15)16-8-7-13(2)14(3)10-16/h5-11H,4,12H2,1-3H3. The molecule has 0 N–H and O–H groups in total. The number of aryl methyl sites for hydroxylation is 2. The van der Waals surface area contributed by atoms with E-state index in [0.717, 1.165) is 11.3 Å². The summed E-state index contributed by atoms with van der Waals surface area (Å²) in [7, 11) is 0. The number of nitrogens with zero attached hydrogens (tertiary/aromatic N) is 2. The molecule has 0 fully saturated rings. The number of carbonyl (C=O) groups excluding carboxylic acids is 1. The lowest BCUT2D eigenvalue weighted by molar-refractivity contribution is -0.118. The summed E-state index contributed by atoms with van der Waals surface area (Å²) in [5, 5.41) is 0. The van der Waals surface area contributed by atoms with Crippen LogP contribution in [0.1, 0.15) is 30.0 Å². The van der Waals surface area contributed by atoms with Crippen LogP contribution in [0.15, 0.2) is 42.7 Å². The fourth-order valence-electron chi connectivity index (χ4n) is 2.08. The maximum absolute atomic E-state index is 12.2. The van der Waals surface area contributed by atoms with Crippen molar-refractivity contribution in [2.45, 2.75) is 33.7 Å². The zero-order valence-corrected chi connectivity index (χ0v) is 12.3. The maximum atomic E-state index is 12.2. The lowest BCUT2D eigenvalue weighted by Gasteiger charge is -2.23. The second-order valence-electron chi connectivity index (χ2n) is 4.96. The molecule has 104 valence electrons. The molecule has 0 bridgehead atoms. The molecule has 2 aromatic rings. The Morgan fingerprint density at radius 2 is 2.00 bits per heavy atom. The molecule has 20 heavy (non-hydrogen) atoms. The van der Waals surface area contributed by atoms with E-state index in [9.17, 15) is 4.79 Å². The lowest BCUT2D eigenvalue weighted by Crippen LogP contribution is -2.29. The van der Waals surface area contributed by atoms with E-state index in [1.54, 1.807) is 12.4 Å². The van der Waals surface area contributed by atoms with E-state index in [4.69, 9.17) is 0 Å². The number of rotatable bonds is 4. The fourth-order valence-corrected chi connectivity index (χ4v) is 2.08. The molecule has 0 aliphatic rings. The largest absolute Gasteiger partial charge is 0.308 e. The van der Waals surface area contributed by atoms with Gasteiger partial charge < -0.3 is 4.90 Å². The van der Waals surface area contributed by atoms with E-state index < -0.39 is 0 Å². The molecule has 0 aliphatic carbocycles. The minimum Gasteiger partial charge on any atom is -0.308 e. The third kappa shape index (κ3) is 3.23. The first-order valence-corrected chi connectivity index (χ1v) is 6.88. The van der Waals surface area contributed by atoms with Crippen molar-refractivity contribution in [3.05, 3.63) is 59.4 Å². The van der Waals surface area contributed by atoms with E-state index in [2.05, 4.69) is 31.0 Å². The summed E-state index contributed by atoms with van der Waals surface area (Å²) in [6.45, 7) is 6.59. The molecule has 0 aliphatic heterocycles. The zero-order chi connectivity index (χ0) is 14.5. The normalized spacial score (nSPS) is 10.3. The van der Waals surface area contributed by atoms with Crippen molar-refractivity contribution in [2.75, 3.05) is 4.90 Å². The highest BCUT2D eigenvalue weighted by Gasteiger charge is 2.15. The molecule has 1 heterocycles. The van der Waals surface area contributed by atoms with Crippen molar-refractivity contribution >= 4 is 11.6 Å². The number of hydrogen-bond acceptors (Lipinski definition) is 2. The molecule has 0 saturated heterocycles. The Morgan fingerprint density at radius 3 is 2.60 bits per heavy atom. The molecule has 3 heteroatoms. The summed E-state index contributed by atoms with van der Waals surface area (Å²) in [5.74, 6) is 0.122. The van der Waals surface area contributed by atoms with Crippen molar-refractivity contribution in [2.24, 2.45) is 0 Å². The molecule has 1 aromatic carbocycles. The van der Waals surface area contributed by atoms with Crippen molar-refractivity contribution in [1.82, 2.24) is 4.98 Å². The van der Waals surface area contributed by atoms with Gasteiger partial charge in [-0.25, -0.2) is 0 Å². The number of amides is 1. The first kappa shape index (κ1) is 14.3. The van der Waals surface area contributed by atoms with Gasteiger partial charge in [0.05, 0.1) is 6.54 Å². The summed E-state index contributed by atoms with van der Waals surface area (Å²) in [6, 6.07) is 10.0. The fraction of sp³-hybridized carbons (Fsp3) is 0.294. The van der Waals surface area contributed by atoms with Gasteiger partial charge in [0, 0.05) is 24.5 Å². The third-order valence-electron chi connectivity index (χ3n) is 3.47. The topological polar surface area (TPSA) is 33.2 Å². The molecule has 3 nitrogen and oxygen atoms in total. The Bertz CT molecular complexity index is 593. The van der Waals surface area contributed by atoms with Gasteiger partial charge in [0.15, 0.2) is 0 Å². The van der Waals surface area contributed by atoms with Gasteiger partial charge in [-0.15, -0.1) is 0 Å². The van der Waals surface area contributed by atoms with Gasteiger partial charge in [0.1, 0.15) is 0 Å². The van der Waals surface area contributed by atoms with Crippen molar-refractivity contribution in [1.29, 1.82) is 0 Å². The second-order valence-corrected chi connectivity index (χ2v) is 4.96. The molecule has 1 aromatic heterocycles. The molecule has 0 unspecified atom stereocenters. The first-order valence-electron chi connectivity index (χ1n) is 6.88. The van der Waals surface area contributed by atoms with Gasteiger partial charge in [0.2, 0.25) is 5.91 Å². The smallest absolute Gasteiger partial charge is 0.227 e. The van der Waals surface area contributed by atoms with Gasteiger partial charge in [0.25, 0.3) is 0 Å². The van der Waals surface area contributed by atoms with E-state index in [1.807, 2.05) is 30.0 Å². The Balaban J connectivity index is 2.32. The predicted octanol–water partition coefficient (Wildman–Crippen LogP) is 3.64. The molecule has 2 rings (SSSR count). The molecule has 1 amide bonds. The minimum absolute atomic E-state index is 0.122. The van der Waals surface area contributed by atoms with Gasteiger partial charge >= 0.3 is 0 Å². The van der Waals surface area contributed by atoms with Crippen LogP contribution in [0.5, 0.6) is 0 Å². The number of hydrogen-bond donors (Lipinski definition) is 0. The van der Waals surface area contributed by atoms with Crippen molar-refractivity contribution in [3.63, 3.8) is 0 Å². The van der Waals surface area contributed by atoms with Gasteiger partial charge in [-0.2, -0.15) is 0 Å². The summed E-state index contributed by atoms with van der Waals surface area (Å²) in [5.41, 5.74) is 4.41. The van der Waals surface area contributed by atoms with Crippen molar-refractivity contribution in [3.8, 4) is 0 Å². The van der Waals surface area contributed by atoms with Crippen LogP contribution in [-0.2, 0) is 11.3 Å². The van der Waals surface area contributed by atoms with Crippen LogP contribution in [0, 0.1) is 13.8 Å². The molecular formula is C17H20N2O. The first-order chi connectivity index (χ1) is 9.61. The van der Waals surface area contributed by atoms with Crippen LogP contribution in [0.3, 0.4) is 0 Å². The Labute approximate surface area is 120 Å². The average Bonchev–Trinajstić information content (AvgIpc) is 2.48. The average molecular weight is 268 g/mol. The highest BCUT2D eigenvalue weighted by atomic mass is 16.2. The SMILES string of the molecule is CCC(=O)N(Cc1cccnc1)c1ccc(C)c(C)c1. The predicted molar refractivity (Wildman–Crippen MR) is 81.6 cm³/mol. The minimum atomic E-state index is 0.122. The number of aromatic nitrogens is 1. The Kier molecular flexibility index (Phi) is 4.51. The zero-order valence-electron chi connectivity index (χ0n) is 12.3. The number of anilines is 1. The van der Waals surface area contributed by atoms with Crippen LogP contribution in [0.25, 0.3) is 0 Å². The van der Waals surface area contributed by atoms with E-state index in [1.165, 1.54) is 11.1 Å². The van der Waals surface area contributed by atoms with Crippen LogP contribution < -0.4 is 4.90 Å². The summed E-state index contributed by atoms with van der Waals surface area (Å²) in [4.78, 5) is 18.2. The number of pyridine rings is 1. The highest BCUT2D eigenvalue weighted by Crippen LogP contribution is 2.21. The Morgan fingerprint density at radius 1 is 1.20 bits per heavy atom. The van der Waals surface area contributed by atoms with Gasteiger partial charge in [-0.3, -0.25) is 9.78 Å². The van der Waals surface area contributed by atoms with E-state index in [-0.39, 0.29) is 5.91 Å². The van der Waals surface area contributed by atoms with Crippen LogP contribution in [-0.4, -0.2) is 10.9 Å². The quantitative estimate of drug-likeness (QED) is 0.848. The molecule has 0 radical (unpaired) electrons. The monoisotopic (exact) mass is 268 g/mol. The number of benzene rings is 1. The molecule has 0 atom stereocenters. The van der Waals surface area contributed by atoms with Crippen LogP contribution in [0.4, 0.5) is 5.69 Å². The second kappa shape index (κ2) is 6.33. The third-order valence-corrected chi connectivity index (χ3v) is 3.47. The summed E-state index contributed by atoms with van der Waals surface area (Å²) < 4.78 is 0. The highest BCUT2D eigenvalue weighted by molar-refractivity contribution is 5.93. The van der Waals surface area contributed by atoms with Gasteiger partial charge in [-0.05, 0) is 48.7 Å². The molecule has 0 spiro atoms. The van der Waals surface area contributed by atoms with E-state index in [0.29, 0.717) is 13.0 Å². The summed E-state index contributed by atoms with van der Waals surface area (Å²) in [6.07, 6.45) is 4.04. The van der Waals surface area contributed by atoms with Crippen LogP contribution in [0.2, 0.25) is 0 Å². The molecular weight excluding hydrogens is 248 g/mol. The van der Waals surface area contributed by atoms with E-state index >= 15 is 0 Å². The molecule has 0 saturated carbocycles. The summed E-state index contributed by atoms with van der Waals surface area (Å²) >= 11 is 0. The Hall–Kier alpha value is -2.16. The van der Waals surface area contributed by atoms with Crippen LogP contribution >= 0.6 is 0 Å². The number of carbonyl (C=O) groups is 1. The van der Waals surface area contributed by atoms with Crippen molar-refractivity contribution < 1.29 is 4.79 Å². The lowest BCUT2D eigenvalue weighted by atomic mass is 10.1. The van der Waals surface area contributed by atoms with Gasteiger partial charge in [-0.1, -0.05) is 19.1 Å². The maximum Gasteiger partial charge on any atom is 0.227 e.